The van der Waals surface area contributed by atoms with Crippen molar-refractivity contribution in [3.8, 4) is 28.4 Å². The first kappa shape index (κ1) is 20.2. The largest absolute Gasteiger partial charge is 0.494 e. The fourth-order valence-electron chi connectivity index (χ4n) is 3.30. The zero-order valence-corrected chi connectivity index (χ0v) is 17.4. The van der Waals surface area contributed by atoms with E-state index in [1.54, 1.807) is 32.5 Å². The number of fused-ring (bicyclic) bond motifs is 1. The van der Waals surface area contributed by atoms with Gasteiger partial charge in [0.2, 0.25) is 5.95 Å². The summed E-state index contributed by atoms with van der Waals surface area (Å²) in [6, 6.07) is 14.6. The average molecular weight is 418 g/mol. The second-order valence-electron chi connectivity index (χ2n) is 6.62. The van der Waals surface area contributed by atoms with E-state index in [9.17, 15) is 4.79 Å². The van der Waals surface area contributed by atoms with Gasteiger partial charge in [0.05, 0.1) is 26.2 Å². The van der Waals surface area contributed by atoms with E-state index < -0.39 is 0 Å². The Kier molecular flexibility index (Phi) is 5.70. The highest BCUT2D eigenvalue weighted by molar-refractivity contribution is 5.92. The molecular formula is C23H22N4O4. The second-order valence-corrected chi connectivity index (χ2v) is 6.62. The van der Waals surface area contributed by atoms with Gasteiger partial charge in [0.1, 0.15) is 5.75 Å². The summed E-state index contributed by atoms with van der Waals surface area (Å²) < 4.78 is 16.1. The summed E-state index contributed by atoms with van der Waals surface area (Å²) in [5.74, 6) is 2.26. The van der Waals surface area contributed by atoms with Crippen LogP contribution in [0.4, 0.5) is 11.6 Å². The van der Waals surface area contributed by atoms with Gasteiger partial charge in [-0.25, -0.2) is 4.98 Å². The van der Waals surface area contributed by atoms with Crippen molar-refractivity contribution in [2.24, 2.45) is 0 Å². The van der Waals surface area contributed by atoms with Gasteiger partial charge in [0.15, 0.2) is 17.1 Å². The number of aromatic nitrogens is 3. The molecule has 2 heterocycles. The topological polar surface area (TPSA) is 98.4 Å². The van der Waals surface area contributed by atoms with Gasteiger partial charge in [-0.15, -0.1) is 0 Å². The Balaban J connectivity index is 1.72. The van der Waals surface area contributed by atoms with Gasteiger partial charge in [-0.1, -0.05) is 6.07 Å². The quantitative estimate of drug-likeness (QED) is 0.465. The molecule has 0 aliphatic carbocycles. The molecule has 0 amide bonds. The molecule has 2 N–H and O–H groups in total. The Hall–Kier alpha value is -4.07. The summed E-state index contributed by atoms with van der Waals surface area (Å²) in [6.45, 7) is 2.53. The lowest BCUT2D eigenvalue weighted by molar-refractivity contribution is 0.340. The molecule has 31 heavy (non-hydrogen) atoms. The average Bonchev–Trinajstić information content (AvgIpc) is 2.79. The van der Waals surface area contributed by atoms with Crippen molar-refractivity contribution in [1.29, 1.82) is 0 Å². The zero-order valence-electron chi connectivity index (χ0n) is 17.4. The van der Waals surface area contributed by atoms with Gasteiger partial charge in [0, 0.05) is 11.9 Å². The summed E-state index contributed by atoms with van der Waals surface area (Å²) in [7, 11) is 3.15. The first-order valence-electron chi connectivity index (χ1n) is 9.74. The summed E-state index contributed by atoms with van der Waals surface area (Å²) in [6.07, 6.45) is 1.63. The van der Waals surface area contributed by atoms with E-state index in [0.717, 1.165) is 17.0 Å². The highest BCUT2D eigenvalue weighted by atomic mass is 16.5. The Labute approximate surface area is 178 Å². The highest BCUT2D eigenvalue weighted by Gasteiger charge is 2.14. The van der Waals surface area contributed by atoms with Gasteiger partial charge in [-0.05, 0) is 60.5 Å². The van der Waals surface area contributed by atoms with Crippen LogP contribution in [-0.2, 0) is 0 Å². The third kappa shape index (κ3) is 4.13. The molecule has 8 heteroatoms. The van der Waals surface area contributed by atoms with E-state index in [1.165, 1.54) is 0 Å². The molecule has 4 aromatic rings. The SMILES string of the molecule is CCOc1ccc(Nc2nc3nccc(-c4ccc(OC)c(OC)c4)c3c(=O)[nH]2)cc1. The maximum atomic E-state index is 12.9. The van der Waals surface area contributed by atoms with Crippen LogP contribution < -0.4 is 25.1 Å². The summed E-state index contributed by atoms with van der Waals surface area (Å²) in [5, 5.41) is 3.50. The number of nitrogens with one attached hydrogen (secondary N) is 2. The Morgan fingerprint density at radius 3 is 2.48 bits per heavy atom. The highest BCUT2D eigenvalue weighted by Crippen LogP contribution is 2.34. The lowest BCUT2D eigenvalue weighted by atomic mass is 10.0. The van der Waals surface area contributed by atoms with Gasteiger partial charge in [0.25, 0.3) is 5.56 Å². The van der Waals surface area contributed by atoms with Crippen LogP contribution in [0.2, 0.25) is 0 Å². The first-order chi connectivity index (χ1) is 15.1. The molecule has 0 aliphatic rings. The van der Waals surface area contributed by atoms with Crippen molar-refractivity contribution in [1.82, 2.24) is 15.0 Å². The van der Waals surface area contributed by atoms with E-state index >= 15 is 0 Å². The molecule has 0 radical (unpaired) electrons. The number of benzene rings is 2. The van der Waals surface area contributed by atoms with Crippen molar-refractivity contribution in [2.75, 3.05) is 26.1 Å². The Morgan fingerprint density at radius 1 is 1.00 bits per heavy atom. The minimum absolute atomic E-state index is 0.295. The third-order valence-electron chi connectivity index (χ3n) is 4.73. The second kappa shape index (κ2) is 8.74. The normalized spacial score (nSPS) is 10.7. The number of anilines is 2. The fraction of sp³-hybridized carbons (Fsp3) is 0.174. The van der Waals surface area contributed by atoms with Gasteiger partial charge in [-0.2, -0.15) is 4.98 Å². The lowest BCUT2D eigenvalue weighted by Gasteiger charge is -2.11. The number of rotatable bonds is 7. The number of aromatic amines is 1. The number of pyridine rings is 1. The maximum absolute atomic E-state index is 12.9. The number of nitrogens with zero attached hydrogens (tertiary/aromatic N) is 2. The monoisotopic (exact) mass is 418 g/mol. The predicted molar refractivity (Wildman–Crippen MR) is 120 cm³/mol. The van der Waals surface area contributed by atoms with Crippen LogP contribution in [0.1, 0.15) is 6.92 Å². The number of methoxy groups -OCH3 is 2. The molecule has 0 atom stereocenters. The minimum atomic E-state index is -0.295. The van der Waals surface area contributed by atoms with Crippen molar-refractivity contribution in [3.05, 3.63) is 65.1 Å². The van der Waals surface area contributed by atoms with Crippen LogP contribution in [0.15, 0.2) is 59.5 Å². The van der Waals surface area contributed by atoms with Gasteiger partial charge in [-0.3, -0.25) is 9.78 Å². The minimum Gasteiger partial charge on any atom is -0.494 e. The molecule has 0 fully saturated rings. The van der Waals surface area contributed by atoms with Crippen molar-refractivity contribution in [2.45, 2.75) is 6.92 Å². The molecule has 0 bridgehead atoms. The molecule has 0 spiro atoms. The van der Waals surface area contributed by atoms with E-state index in [0.29, 0.717) is 40.7 Å². The third-order valence-corrected chi connectivity index (χ3v) is 4.73. The van der Waals surface area contributed by atoms with Gasteiger partial charge < -0.3 is 19.5 Å². The van der Waals surface area contributed by atoms with E-state index in [4.69, 9.17) is 14.2 Å². The summed E-state index contributed by atoms with van der Waals surface area (Å²) >= 11 is 0. The van der Waals surface area contributed by atoms with E-state index in [-0.39, 0.29) is 5.56 Å². The van der Waals surface area contributed by atoms with Crippen LogP contribution in [0.25, 0.3) is 22.2 Å². The molecule has 158 valence electrons. The fourth-order valence-corrected chi connectivity index (χ4v) is 3.30. The Bertz CT molecular complexity index is 1270. The Morgan fingerprint density at radius 2 is 1.77 bits per heavy atom. The van der Waals surface area contributed by atoms with E-state index in [2.05, 4.69) is 20.3 Å². The molecule has 0 unspecified atom stereocenters. The maximum Gasteiger partial charge on any atom is 0.262 e. The zero-order chi connectivity index (χ0) is 21.8. The van der Waals surface area contributed by atoms with Crippen LogP contribution in [0, 0.1) is 0 Å². The number of H-pyrrole nitrogens is 1. The molecule has 0 aliphatic heterocycles. The lowest BCUT2D eigenvalue weighted by Crippen LogP contribution is -2.13. The van der Waals surface area contributed by atoms with Gasteiger partial charge >= 0.3 is 0 Å². The number of hydrogen-bond acceptors (Lipinski definition) is 7. The van der Waals surface area contributed by atoms with Crippen LogP contribution in [-0.4, -0.2) is 35.8 Å². The molecule has 2 aromatic heterocycles. The molecule has 8 nitrogen and oxygen atoms in total. The molecule has 2 aromatic carbocycles. The van der Waals surface area contributed by atoms with Crippen LogP contribution >= 0.6 is 0 Å². The van der Waals surface area contributed by atoms with Crippen molar-refractivity contribution >= 4 is 22.7 Å². The van der Waals surface area contributed by atoms with Crippen molar-refractivity contribution in [3.63, 3.8) is 0 Å². The van der Waals surface area contributed by atoms with Crippen molar-refractivity contribution < 1.29 is 14.2 Å². The molecular weight excluding hydrogens is 396 g/mol. The van der Waals surface area contributed by atoms with Crippen LogP contribution in [0.3, 0.4) is 0 Å². The molecule has 4 rings (SSSR count). The molecule has 0 saturated heterocycles. The molecule has 0 saturated carbocycles. The summed E-state index contributed by atoms with van der Waals surface area (Å²) in [5.41, 5.74) is 2.31. The van der Waals surface area contributed by atoms with Crippen LogP contribution in [0.5, 0.6) is 17.2 Å². The number of hydrogen-bond donors (Lipinski definition) is 2. The first-order valence-corrected chi connectivity index (χ1v) is 9.74. The standard InChI is InChI=1S/C23H22N4O4/c1-4-31-16-8-6-15(7-9-16)25-23-26-21-20(22(28)27-23)17(11-12-24-21)14-5-10-18(29-2)19(13-14)30-3/h5-13H,4H2,1-3H3,(H2,24,25,26,27,28). The van der Waals surface area contributed by atoms with E-state index in [1.807, 2.05) is 43.3 Å². The number of ether oxygens (including phenoxy) is 3. The smallest absolute Gasteiger partial charge is 0.262 e. The predicted octanol–water partition coefficient (Wildman–Crippen LogP) is 4.14. The summed E-state index contributed by atoms with van der Waals surface area (Å²) in [4.78, 5) is 24.5.